The Kier molecular flexibility index (Phi) is 3.31. The van der Waals surface area contributed by atoms with E-state index in [1.807, 2.05) is 12.1 Å². The quantitative estimate of drug-likeness (QED) is 0.800. The van der Waals surface area contributed by atoms with Gasteiger partial charge in [-0.05, 0) is 25.1 Å². The fraction of sp³-hybridized carbons (Fsp3) is 0.182. The molecular weight excluding hydrogens is 305 g/mol. The number of carbonyl (C=O) groups is 1. The number of Topliss-reactive ketones (excluding diaryl/α,β-unsaturated/α-hetero) is 1. The zero-order valence-corrected chi connectivity index (χ0v) is 11.6. The molecule has 88 valence electrons. The third kappa shape index (κ3) is 2.25. The van der Waals surface area contributed by atoms with Gasteiger partial charge in [-0.2, -0.15) is 0 Å². The molecule has 0 aliphatic heterocycles. The molecule has 2 rings (SSSR count). The standard InChI is InChI=1S/C11H9BrClN3O/c1-6-11(7(2)17)14-15-16(6)10-4-3-8(12)5-9(10)13/h3-5H,1-2H3. The molecule has 1 heterocycles. The lowest BCUT2D eigenvalue weighted by molar-refractivity contribution is 0.101. The van der Waals surface area contributed by atoms with E-state index in [-0.39, 0.29) is 5.78 Å². The molecule has 17 heavy (non-hydrogen) atoms. The van der Waals surface area contributed by atoms with E-state index in [2.05, 4.69) is 26.2 Å². The SMILES string of the molecule is CC(=O)c1nnn(-c2ccc(Br)cc2Cl)c1C. The van der Waals surface area contributed by atoms with Gasteiger partial charge in [-0.1, -0.05) is 32.7 Å². The molecule has 0 radical (unpaired) electrons. The highest BCUT2D eigenvalue weighted by atomic mass is 79.9. The van der Waals surface area contributed by atoms with Gasteiger partial charge in [0.2, 0.25) is 0 Å². The van der Waals surface area contributed by atoms with Crippen molar-refractivity contribution in [3.63, 3.8) is 0 Å². The third-order valence-corrected chi connectivity index (χ3v) is 3.16. The lowest BCUT2D eigenvalue weighted by Gasteiger charge is -2.05. The van der Waals surface area contributed by atoms with Crippen molar-refractivity contribution in [2.24, 2.45) is 0 Å². The van der Waals surface area contributed by atoms with Gasteiger partial charge in [0.05, 0.1) is 16.4 Å². The highest BCUT2D eigenvalue weighted by molar-refractivity contribution is 9.10. The Morgan fingerprint density at radius 2 is 2.18 bits per heavy atom. The van der Waals surface area contributed by atoms with Crippen molar-refractivity contribution in [3.8, 4) is 5.69 Å². The third-order valence-electron chi connectivity index (χ3n) is 2.37. The number of halogens is 2. The topological polar surface area (TPSA) is 47.8 Å². The molecule has 0 unspecified atom stereocenters. The Hall–Kier alpha value is -1.20. The molecule has 0 saturated carbocycles. The summed E-state index contributed by atoms with van der Waals surface area (Å²) in [6.45, 7) is 3.25. The highest BCUT2D eigenvalue weighted by Gasteiger charge is 2.15. The van der Waals surface area contributed by atoms with Crippen LogP contribution in [0.4, 0.5) is 0 Å². The lowest BCUT2D eigenvalue weighted by atomic mass is 10.2. The molecule has 0 aliphatic rings. The van der Waals surface area contributed by atoms with Crippen LogP contribution in [0.2, 0.25) is 5.02 Å². The Labute approximate surface area is 112 Å². The molecule has 0 N–H and O–H groups in total. The number of ketones is 1. The summed E-state index contributed by atoms with van der Waals surface area (Å²) in [4.78, 5) is 11.3. The van der Waals surface area contributed by atoms with E-state index in [0.29, 0.717) is 22.1 Å². The van der Waals surface area contributed by atoms with Gasteiger partial charge in [0.15, 0.2) is 11.5 Å². The van der Waals surface area contributed by atoms with E-state index in [4.69, 9.17) is 11.6 Å². The van der Waals surface area contributed by atoms with Crippen LogP contribution in [0, 0.1) is 6.92 Å². The Bertz CT molecular complexity index is 594. The van der Waals surface area contributed by atoms with Crippen LogP contribution in [-0.4, -0.2) is 20.8 Å². The van der Waals surface area contributed by atoms with Gasteiger partial charge in [-0.3, -0.25) is 4.79 Å². The molecule has 0 amide bonds. The molecule has 4 nitrogen and oxygen atoms in total. The summed E-state index contributed by atoms with van der Waals surface area (Å²) in [6.07, 6.45) is 0. The van der Waals surface area contributed by atoms with Crippen LogP contribution in [-0.2, 0) is 0 Å². The van der Waals surface area contributed by atoms with Crippen LogP contribution in [0.5, 0.6) is 0 Å². The van der Waals surface area contributed by atoms with E-state index >= 15 is 0 Å². The number of hydrogen-bond acceptors (Lipinski definition) is 3. The summed E-state index contributed by atoms with van der Waals surface area (Å²) >= 11 is 9.45. The lowest BCUT2D eigenvalue weighted by Crippen LogP contribution is -2.01. The van der Waals surface area contributed by atoms with E-state index in [1.54, 1.807) is 17.7 Å². The van der Waals surface area contributed by atoms with Crippen LogP contribution in [0.15, 0.2) is 22.7 Å². The molecule has 0 fully saturated rings. The van der Waals surface area contributed by atoms with Crippen LogP contribution in [0.1, 0.15) is 23.1 Å². The van der Waals surface area contributed by atoms with Crippen LogP contribution < -0.4 is 0 Å². The molecular formula is C11H9BrClN3O. The highest BCUT2D eigenvalue weighted by Crippen LogP contribution is 2.25. The van der Waals surface area contributed by atoms with Crippen molar-refractivity contribution >= 4 is 33.3 Å². The first-order valence-electron chi connectivity index (χ1n) is 4.89. The minimum absolute atomic E-state index is 0.109. The van der Waals surface area contributed by atoms with Crippen LogP contribution >= 0.6 is 27.5 Å². The zero-order chi connectivity index (χ0) is 12.6. The minimum Gasteiger partial charge on any atom is -0.293 e. The normalized spacial score (nSPS) is 10.6. The first kappa shape index (κ1) is 12.3. The minimum atomic E-state index is -0.109. The van der Waals surface area contributed by atoms with Crippen molar-refractivity contribution in [3.05, 3.63) is 39.1 Å². The summed E-state index contributed by atoms with van der Waals surface area (Å²) in [5.74, 6) is -0.109. The van der Waals surface area contributed by atoms with Gasteiger partial charge < -0.3 is 0 Å². The number of hydrogen-bond donors (Lipinski definition) is 0. The number of rotatable bonds is 2. The maximum Gasteiger partial charge on any atom is 0.181 e. The van der Waals surface area contributed by atoms with Crippen LogP contribution in [0.3, 0.4) is 0 Å². The molecule has 0 aliphatic carbocycles. The Morgan fingerprint density at radius 1 is 1.47 bits per heavy atom. The van der Waals surface area contributed by atoms with E-state index < -0.39 is 0 Å². The van der Waals surface area contributed by atoms with Crippen molar-refractivity contribution in [1.82, 2.24) is 15.0 Å². The molecule has 2 aromatic rings. The predicted octanol–water partition coefficient (Wildman–Crippen LogP) is 3.19. The summed E-state index contributed by atoms with van der Waals surface area (Å²) in [5, 5.41) is 8.34. The summed E-state index contributed by atoms with van der Waals surface area (Å²) < 4.78 is 2.45. The number of carbonyl (C=O) groups excluding carboxylic acids is 1. The van der Waals surface area contributed by atoms with Gasteiger partial charge >= 0.3 is 0 Å². The monoisotopic (exact) mass is 313 g/mol. The molecule has 6 heteroatoms. The van der Waals surface area contributed by atoms with Crippen molar-refractivity contribution in [1.29, 1.82) is 0 Å². The number of nitrogens with zero attached hydrogens (tertiary/aromatic N) is 3. The Morgan fingerprint density at radius 3 is 2.71 bits per heavy atom. The first-order valence-corrected chi connectivity index (χ1v) is 6.06. The van der Waals surface area contributed by atoms with E-state index in [1.165, 1.54) is 6.92 Å². The maximum atomic E-state index is 11.3. The van der Waals surface area contributed by atoms with Gasteiger partial charge in [-0.25, -0.2) is 4.68 Å². The van der Waals surface area contributed by atoms with E-state index in [0.717, 1.165) is 4.47 Å². The molecule has 0 atom stereocenters. The van der Waals surface area contributed by atoms with Crippen molar-refractivity contribution in [2.45, 2.75) is 13.8 Å². The molecule has 0 saturated heterocycles. The molecule has 0 spiro atoms. The first-order chi connectivity index (χ1) is 8.00. The smallest absolute Gasteiger partial charge is 0.181 e. The average molecular weight is 315 g/mol. The van der Waals surface area contributed by atoms with E-state index in [9.17, 15) is 4.79 Å². The fourth-order valence-electron chi connectivity index (χ4n) is 1.54. The van der Waals surface area contributed by atoms with Crippen molar-refractivity contribution in [2.75, 3.05) is 0 Å². The fourth-order valence-corrected chi connectivity index (χ4v) is 2.29. The van der Waals surface area contributed by atoms with Gasteiger partial charge in [0.1, 0.15) is 0 Å². The molecule has 0 bridgehead atoms. The number of benzene rings is 1. The second-order valence-electron chi connectivity index (χ2n) is 3.59. The predicted molar refractivity (Wildman–Crippen MR) is 68.8 cm³/mol. The summed E-state index contributed by atoms with van der Waals surface area (Å²) in [5.41, 5.74) is 1.75. The summed E-state index contributed by atoms with van der Waals surface area (Å²) in [6, 6.07) is 5.44. The molecule has 1 aromatic heterocycles. The van der Waals surface area contributed by atoms with Gasteiger partial charge in [-0.15, -0.1) is 5.10 Å². The zero-order valence-electron chi connectivity index (χ0n) is 9.24. The van der Waals surface area contributed by atoms with Gasteiger partial charge in [0, 0.05) is 11.4 Å². The largest absolute Gasteiger partial charge is 0.293 e. The maximum absolute atomic E-state index is 11.3. The number of aromatic nitrogens is 3. The van der Waals surface area contributed by atoms with Crippen LogP contribution in [0.25, 0.3) is 5.69 Å². The van der Waals surface area contributed by atoms with Crippen molar-refractivity contribution < 1.29 is 4.79 Å². The average Bonchev–Trinajstić information content (AvgIpc) is 2.60. The molecule has 1 aromatic carbocycles. The summed E-state index contributed by atoms with van der Waals surface area (Å²) in [7, 11) is 0. The van der Waals surface area contributed by atoms with Gasteiger partial charge in [0.25, 0.3) is 0 Å². The second kappa shape index (κ2) is 4.58. The Balaban J connectivity index is 2.57. The second-order valence-corrected chi connectivity index (χ2v) is 4.91.